The summed E-state index contributed by atoms with van der Waals surface area (Å²) in [4.78, 5) is 18.3. The summed E-state index contributed by atoms with van der Waals surface area (Å²) >= 11 is 0. The zero-order chi connectivity index (χ0) is 11.1. The van der Waals surface area contributed by atoms with Gasteiger partial charge in [-0.25, -0.2) is 9.97 Å². The van der Waals surface area contributed by atoms with E-state index in [4.69, 9.17) is 0 Å². The molecule has 0 saturated carbocycles. The molecule has 0 spiro atoms. The van der Waals surface area contributed by atoms with E-state index < -0.39 is 0 Å². The molecule has 1 aromatic carbocycles. The summed E-state index contributed by atoms with van der Waals surface area (Å²) in [5.74, 6) is 0.769. The number of rotatable bonds is 1. The molecule has 0 saturated heterocycles. The van der Waals surface area contributed by atoms with Crippen LogP contribution in [0.5, 0.6) is 0 Å². The van der Waals surface area contributed by atoms with Gasteiger partial charge in [-0.15, -0.1) is 0 Å². The summed E-state index contributed by atoms with van der Waals surface area (Å²) in [7, 11) is 3.86. The molecule has 2 aromatic heterocycles. The van der Waals surface area contributed by atoms with Gasteiger partial charge in [-0.05, 0) is 12.1 Å². The van der Waals surface area contributed by atoms with Gasteiger partial charge < -0.3 is 9.88 Å². The van der Waals surface area contributed by atoms with Crippen molar-refractivity contribution in [1.29, 1.82) is 0 Å². The lowest BCUT2D eigenvalue weighted by Crippen LogP contribution is -2.09. The number of hydrogen-bond donors (Lipinski definition) is 1. The molecule has 0 radical (unpaired) electrons. The topological polar surface area (TPSA) is 57.7 Å². The molecule has 0 fully saturated rings. The average Bonchev–Trinajstić information content (AvgIpc) is 2.68. The minimum atomic E-state index is 0.655. The van der Waals surface area contributed by atoms with Crippen molar-refractivity contribution in [3.05, 3.63) is 24.3 Å². The Bertz CT molecular complexity index is 603. The van der Waals surface area contributed by atoms with Crippen molar-refractivity contribution < 1.29 is 0 Å². The van der Waals surface area contributed by atoms with Crippen LogP contribution in [0.1, 0.15) is 0 Å². The molecular formula is C11H11N5. The molecule has 0 aliphatic rings. The first-order valence-corrected chi connectivity index (χ1v) is 5.04. The highest BCUT2D eigenvalue weighted by molar-refractivity contribution is 5.83. The molecule has 80 valence electrons. The van der Waals surface area contributed by atoms with Crippen LogP contribution in [0.3, 0.4) is 0 Å². The Kier molecular flexibility index (Phi) is 1.80. The van der Waals surface area contributed by atoms with Gasteiger partial charge in [0.2, 0.25) is 5.95 Å². The molecule has 5 heteroatoms. The standard InChI is InChI=1S/C11H11N5/c1-16(2)11-14-9-10(15-11)13-8-6-4-3-5-7(8)12-9/h3-6H,1-2H3,(H,12,13,14,15). The Labute approximate surface area is 92.2 Å². The second-order valence-electron chi connectivity index (χ2n) is 3.84. The minimum absolute atomic E-state index is 0.655. The maximum Gasteiger partial charge on any atom is 0.206 e. The summed E-state index contributed by atoms with van der Waals surface area (Å²) in [5, 5.41) is 0. The summed E-state index contributed by atoms with van der Waals surface area (Å²) in [6.07, 6.45) is 0. The molecule has 0 atom stereocenters. The molecule has 1 N–H and O–H groups in total. The van der Waals surface area contributed by atoms with Crippen molar-refractivity contribution in [2.24, 2.45) is 0 Å². The van der Waals surface area contributed by atoms with E-state index in [2.05, 4.69) is 19.9 Å². The molecule has 0 aliphatic carbocycles. The van der Waals surface area contributed by atoms with Crippen LogP contribution in [0.15, 0.2) is 24.3 Å². The van der Waals surface area contributed by atoms with Crippen LogP contribution in [0, 0.1) is 0 Å². The summed E-state index contributed by atoms with van der Waals surface area (Å²) in [6.45, 7) is 0. The van der Waals surface area contributed by atoms with Gasteiger partial charge in [0.05, 0.1) is 11.0 Å². The highest BCUT2D eigenvalue weighted by atomic mass is 15.2. The van der Waals surface area contributed by atoms with Crippen molar-refractivity contribution >= 4 is 28.3 Å². The van der Waals surface area contributed by atoms with Gasteiger partial charge in [-0.1, -0.05) is 12.1 Å². The number of H-pyrrole nitrogens is 1. The predicted molar refractivity (Wildman–Crippen MR) is 63.5 cm³/mol. The zero-order valence-electron chi connectivity index (χ0n) is 9.10. The monoisotopic (exact) mass is 213 g/mol. The fraction of sp³-hybridized carbons (Fsp3) is 0.182. The molecule has 0 amide bonds. The van der Waals surface area contributed by atoms with E-state index in [1.807, 2.05) is 43.3 Å². The van der Waals surface area contributed by atoms with E-state index in [-0.39, 0.29) is 0 Å². The molecular weight excluding hydrogens is 202 g/mol. The Balaban J connectivity index is 2.34. The van der Waals surface area contributed by atoms with Crippen molar-refractivity contribution in [2.75, 3.05) is 19.0 Å². The van der Waals surface area contributed by atoms with Crippen LogP contribution in [-0.2, 0) is 0 Å². The third-order valence-electron chi connectivity index (χ3n) is 2.42. The number of para-hydroxylation sites is 2. The Morgan fingerprint density at radius 2 is 1.69 bits per heavy atom. The van der Waals surface area contributed by atoms with Crippen molar-refractivity contribution in [3.8, 4) is 0 Å². The second kappa shape index (κ2) is 3.16. The maximum absolute atomic E-state index is 4.47. The third-order valence-corrected chi connectivity index (χ3v) is 2.42. The average molecular weight is 213 g/mol. The normalized spacial score (nSPS) is 11.1. The Morgan fingerprint density at radius 3 is 2.38 bits per heavy atom. The van der Waals surface area contributed by atoms with Crippen molar-refractivity contribution in [2.45, 2.75) is 0 Å². The molecule has 3 rings (SSSR count). The number of aromatic amines is 1. The molecule has 5 nitrogen and oxygen atoms in total. The first-order valence-electron chi connectivity index (χ1n) is 5.04. The summed E-state index contributed by atoms with van der Waals surface area (Å²) < 4.78 is 0. The van der Waals surface area contributed by atoms with Crippen LogP contribution in [-0.4, -0.2) is 34.0 Å². The first-order chi connectivity index (χ1) is 7.74. The van der Waals surface area contributed by atoms with Crippen LogP contribution in [0.2, 0.25) is 0 Å². The second-order valence-corrected chi connectivity index (χ2v) is 3.84. The van der Waals surface area contributed by atoms with E-state index in [1.165, 1.54) is 0 Å². The van der Waals surface area contributed by atoms with Gasteiger partial charge in [0, 0.05) is 14.1 Å². The molecule has 0 unspecified atom stereocenters. The van der Waals surface area contributed by atoms with Gasteiger partial charge in [-0.2, -0.15) is 4.98 Å². The van der Waals surface area contributed by atoms with Crippen molar-refractivity contribution in [1.82, 2.24) is 19.9 Å². The van der Waals surface area contributed by atoms with Gasteiger partial charge in [-0.3, -0.25) is 0 Å². The van der Waals surface area contributed by atoms with E-state index >= 15 is 0 Å². The maximum atomic E-state index is 4.47. The lowest BCUT2D eigenvalue weighted by atomic mass is 10.3. The quantitative estimate of drug-likeness (QED) is 0.666. The van der Waals surface area contributed by atoms with Crippen LogP contribution in [0.4, 0.5) is 5.95 Å². The number of imidazole rings is 1. The zero-order valence-corrected chi connectivity index (χ0v) is 9.10. The first kappa shape index (κ1) is 9.08. The number of anilines is 1. The lowest BCUT2D eigenvalue weighted by molar-refractivity contribution is 1.04. The highest BCUT2D eigenvalue weighted by Crippen LogP contribution is 2.16. The van der Waals surface area contributed by atoms with Crippen LogP contribution in [0.25, 0.3) is 22.3 Å². The number of benzene rings is 1. The van der Waals surface area contributed by atoms with E-state index in [9.17, 15) is 0 Å². The molecule has 0 bridgehead atoms. The number of nitrogens with one attached hydrogen (secondary N) is 1. The fourth-order valence-corrected chi connectivity index (χ4v) is 1.60. The Morgan fingerprint density at radius 1 is 1.00 bits per heavy atom. The Hall–Kier alpha value is -2.17. The largest absolute Gasteiger partial charge is 0.348 e. The number of nitrogens with zero attached hydrogens (tertiary/aromatic N) is 4. The number of hydrogen-bond acceptors (Lipinski definition) is 4. The summed E-state index contributed by atoms with van der Waals surface area (Å²) in [6, 6.07) is 7.78. The van der Waals surface area contributed by atoms with E-state index in [1.54, 1.807) is 0 Å². The SMILES string of the molecule is CN(C)c1nc2nc3ccccc3nc2[nH]1. The van der Waals surface area contributed by atoms with E-state index in [0.29, 0.717) is 5.65 Å². The fourth-order valence-electron chi connectivity index (χ4n) is 1.60. The summed E-state index contributed by atoms with van der Waals surface area (Å²) in [5.41, 5.74) is 3.13. The van der Waals surface area contributed by atoms with Crippen LogP contribution < -0.4 is 4.90 Å². The molecule has 16 heavy (non-hydrogen) atoms. The van der Waals surface area contributed by atoms with Gasteiger partial charge >= 0.3 is 0 Å². The minimum Gasteiger partial charge on any atom is -0.348 e. The molecule has 3 aromatic rings. The predicted octanol–water partition coefficient (Wildman–Crippen LogP) is 1.57. The number of fused-ring (bicyclic) bond motifs is 2. The number of aromatic nitrogens is 4. The van der Waals surface area contributed by atoms with Crippen molar-refractivity contribution in [3.63, 3.8) is 0 Å². The van der Waals surface area contributed by atoms with Gasteiger partial charge in [0.15, 0.2) is 11.3 Å². The lowest BCUT2D eigenvalue weighted by Gasteiger charge is -2.04. The molecule has 2 heterocycles. The van der Waals surface area contributed by atoms with Crippen LogP contribution >= 0.6 is 0 Å². The molecule has 0 aliphatic heterocycles. The third kappa shape index (κ3) is 1.29. The van der Waals surface area contributed by atoms with E-state index in [0.717, 1.165) is 22.6 Å². The van der Waals surface area contributed by atoms with Gasteiger partial charge in [0.1, 0.15) is 0 Å². The highest BCUT2D eigenvalue weighted by Gasteiger charge is 2.07. The van der Waals surface area contributed by atoms with Gasteiger partial charge in [0.25, 0.3) is 0 Å². The smallest absolute Gasteiger partial charge is 0.206 e.